The molecule has 3 heteroatoms. The van der Waals surface area contributed by atoms with Crippen LogP contribution in [0.25, 0.3) is 0 Å². The lowest BCUT2D eigenvalue weighted by Crippen LogP contribution is -1.98. The van der Waals surface area contributed by atoms with E-state index < -0.39 is 0 Å². The van der Waals surface area contributed by atoms with Gasteiger partial charge in [-0.15, -0.1) is 7.87 Å². The summed E-state index contributed by atoms with van der Waals surface area (Å²) in [6.07, 6.45) is 16.4. The molecule has 0 aliphatic heterocycles. The maximum Gasteiger partial charge on any atom is -0.00865 e. The SMILES string of the molecule is c1[pH]ppc1C1CCCCCCCCCCC1. The number of rotatable bonds is 1. The molecule has 0 bridgehead atoms. The standard InChI is InChI=1S/C14H25P3/c1-2-4-6-8-10-13(11-9-7-5-3-1)14-12-15-17-16-14/h12-13,15H,1-11H2. The van der Waals surface area contributed by atoms with E-state index in [4.69, 9.17) is 0 Å². The molecule has 2 rings (SSSR count). The Labute approximate surface area is 111 Å². The van der Waals surface area contributed by atoms with E-state index in [1.54, 1.807) is 15.4 Å². The minimum absolute atomic E-state index is 0.957. The molecule has 1 atom stereocenters. The quantitative estimate of drug-likeness (QED) is 0.509. The first-order valence-electron chi connectivity index (χ1n) is 7.33. The van der Waals surface area contributed by atoms with Gasteiger partial charge in [-0.2, -0.15) is 0 Å². The van der Waals surface area contributed by atoms with E-state index in [9.17, 15) is 0 Å². The average Bonchev–Trinajstić information content (AvgIpc) is 2.83. The first-order valence-corrected chi connectivity index (χ1v) is 11.7. The summed E-state index contributed by atoms with van der Waals surface area (Å²) in [5, 5.41) is 1.81. The largest absolute Gasteiger partial charge is 0.105 e. The summed E-state index contributed by atoms with van der Waals surface area (Å²) in [4.78, 5) is 0. The molecule has 0 N–H and O–H groups in total. The van der Waals surface area contributed by atoms with E-state index in [1.807, 2.05) is 5.30 Å². The van der Waals surface area contributed by atoms with Crippen molar-refractivity contribution in [1.29, 1.82) is 0 Å². The van der Waals surface area contributed by atoms with Gasteiger partial charge in [0.1, 0.15) is 0 Å². The van der Waals surface area contributed by atoms with Crippen LogP contribution in [0.1, 0.15) is 81.8 Å². The second-order valence-corrected chi connectivity index (χ2v) is 10.6. The van der Waals surface area contributed by atoms with Gasteiger partial charge < -0.3 is 0 Å². The van der Waals surface area contributed by atoms with Crippen molar-refractivity contribution >= 4 is 23.3 Å². The Bertz CT molecular complexity index is 270. The maximum absolute atomic E-state index is 2.57. The van der Waals surface area contributed by atoms with E-state index in [0.29, 0.717) is 0 Å². The van der Waals surface area contributed by atoms with Crippen molar-refractivity contribution in [2.75, 3.05) is 0 Å². The Kier molecular flexibility index (Phi) is 7.19. The van der Waals surface area contributed by atoms with E-state index >= 15 is 0 Å². The monoisotopic (exact) mass is 286 g/mol. The second-order valence-electron chi connectivity index (χ2n) is 5.35. The molecule has 0 aromatic carbocycles. The lowest BCUT2D eigenvalue weighted by Gasteiger charge is -2.16. The fourth-order valence-corrected chi connectivity index (χ4v) is 8.82. The van der Waals surface area contributed by atoms with Crippen molar-refractivity contribution in [1.82, 2.24) is 0 Å². The van der Waals surface area contributed by atoms with Crippen molar-refractivity contribution < 1.29 is 0 Å². The molecular weight excluding hydrogens is 261 g/mol. The zero-order valence-corrected chi connectivity index (χ0v) is 13.6. The van der Waals surface area contributed by atoms with Gasteiger partial charge in [-0.25, -0.2) is 0 Å². The zero-order valence-electron chi connectivity index (χ0n) is 10.8. The molecular formula is C14H25P3. The summed E-state index contributed by atoms with van der Waals surface area (Å²) < 4.78 is 0. The molecule has 17 heavy (non-hydrogen) atoms. The lowest BCUT2D eigenvalue weighted by atomic mass is 9.92. The van der Waals surface area contributed by atoms with Crippen LogP contribution >= 0.6 is 23.3 Å². The van der Waals surface area contributed by atoms with Crippen LogP contribution in [0.2, 0.25) is 0 Å². The first-order chi connectivity index (χ1) is 8.47. The third kappa shape index (κ3) is 5.42. The van der Waals surface area contributed by atoms with Crippen LogP contribution in [0.5, 0.6) is 0 Å². The van der Waals surface area contributed by atoms with E-state index in [0.717, 1.165) is 13.8 Å². The van der Waals surface area contributed by atoms with Crippen molar-refractivity contribution in [3.63, 3.8) is 0 Å². The summed E-state index contributed by atoms with van der Waals surface area (Å²) in [5.41, 5.74) is 0. The fourth-order valence-electron chi connectivity index (χ4n) is 2.87. The highest BCUT2D eigenvalue weighted by Crippen LogP contribution is 2.43. The van der Waals surface area contributed by atoms with Crippen LogP contribution < -0.4 is 0 Å². The van der Waals surface area contributed by atoms with Crippen LogP contribution in [0.15, 0.2) is 5.80 Å². The highest BCUT2D eigenvalue weighted by Gasteiger charge is 2.12. The minimum atomic E-state index is 0.957. The van der Waals surface area contributed by atoms with Crippen molar-refractivity contribution in [3.8, 4) is 0 Å². The van der Waals surface area contributed by atoms with Gasteiger partial charge in [-0.3, -0.25) is 0 Å². The molecule has 0 amide bonds. The third-order valence-corrected chi connectivity index (χ3v) is 9.25. The number of hydrogen-bond donors (Lipinski definition) is 0. The minimum Gasteiger partial charge on any atom is -0.105 e. The summed E-state index contributed by atoms with van der Waals surface area (Å²) in [7, 11) is 4.41. The van der Waals surface area contributed by atoms with Gasteiger partial charge in [-0.05, 0) is 45.3 Å². The number of hydrogen-bond acceptors (Lipinski definition) is 0. The predicted molar refractivity (Wildman–Crippen MR) is 84.5 cm³/mol. The smallest absolute Gasteiger partial charge is 0.00865 e. The van der Waals surface area contributed by atoms with Gasteiger partial charge in [0, 0.05) is 0 Å². The Morgan fingerprint density at radius 3 is 1.82 bits per heavy atom. The normalized spacial score (nSPS) is 23.1. The van der Waals surface area contributed by atoms with Crippen LogP contribution in [0.3, 0.4) is 0 Å². The fraction of sp³-hybridized carbons (Fsp3) is 0.857. The summed E-state index contributed by atoms with van der Waals surface area (Å²) in [6, 6.07) is 0. The Morgan fingerprint density at radius 1 is 0.824 bits per heavy atom. The molecule has 0 radical (unpaired) electrons. The van der Waals surface area contributed by atoms with E-state index in [-0.39, 0.29) is 0 Å². The van der Waals surface area contributed by atoms with Crippen molar-refractivity contribution in [2.24, 2.45) is 0 Å². The van der Waals surface area contributed by atoms with Gasteiger partial charge in [0.15, 0.2) is 0 Å². The molecule has 0 nitrogen and oxygen atoms in total. The molecule has 1 aromatic heterocycles. The Morgan fingerprint density at radius 2 is 1.35 bits per heavy atom. The van der Waals surface area contributed by atoms with Crippen LogP contribution in [0.4, 0.5) is 0 Å². The molecule has 0 spiro atoms. The molecule has 96 valence electrons. The Hall–Kier alpha value is 0.640. The topological polar surface area (TPSA) is 0 Å². The average molecular weight is 286 g/mol. The molecule has 0 saturated heterocycles. The van der Waals surface area contributed by atoms with E-state index in [2.05, 4.69) is 5.80 Å². The first kappa shape index (κ1) is 14.1. The lowest BCUT2D eigenvalue weighted by molar-refractivity contribution is 0.471. The molecule has 1 heterocycles. The summed E-state index contributed by atoms with van der Waals surface area (Å²) in [5.74, 6) is 3.53. The van der Waals surface area contributed by atoms with Gasteiger partial charge >= 0.3 is 0 Å². The highest BCUT2D eigenvalue weighted by molar-refractivity contribution is 8.17. The molecule has 1 aromatic rings. The van der Waals surface area contributed by atoms with E-state index in [1.165, 1.54) is 70.6 Å². The third-order valence-electron chi connectivity index (χ3n) is 3.96. The molecule has 1 aliphatic rings. The van der Waals surface area contributed by atoms with Crippen molar-refractivity contribution in [2.45, 2.75) is 76.5 Å². The predicted octanol–water partition coefficient (Wildman–Crippen LogP) is 7.27. The van der Waals surface area contributed by atoms with Crippen LogP contribution in [-0.4, -0.2) is 0 Å². The zero-order chi connectivity index (χ0) is 11.8. The summed E-state index contributed by atoms with van der Waals surface area (Å²) in [6.45, 7) is 0. The molecule has 1 unspecified atom stereocenters. The molecule has 1 saturated carbocycles. The molecule has 1 fully saturated rings. The highest BCUT2D eigenvalue weighted by atomic mass is 32.1. The van der Waals surface area contributed by atoms with Crippen LogP contribution in [-0.2, 0) is 0 Å². The van der Waals surface area contributed by atoms with Crippen molar-refractivity contribution in [3.05, 3.63) is 11.1 Å². The molecule has 1 aliphatic carbocycles. The van der Waals surface area contributed by atoms with Gasteiger partial charge in [0.2, 0.25) is 0 Å². The maximum atomic E-state index is 2.57. The second kappa shape index (κ2) is 8.69. The Balaban J connectivity index is 1.84. The van der Waals surface area contributed by atoms with Gasteiger partial charge in [0.25, 0.3) is 0 Å². The summed E-state index contributed by atoms with van der Waals surface area (Å²) >= 11 is 0. The van der Waals surface area contributed by atoms with Gasteiger partial charge in [0.05, 0.1) is 0 Å². The van der Waals surface area contributed by atoms with Crippen LogP contribution in [0, 0.1) is 0 Å². The van der Waals surface area contributed by atoms with Gasteiger partial charge in [-0.1, -0.05) is 57.8 Å².